The fourth-order valence-electron chi connectivity index (χ4n) is 3.42. The van der Waals surface area contributed by atoms with E-state index >= 15 is 0 Å². The Kier molecular flexibility index (Phi) is 6.55. The van der Waals surface area contributed by atoms with Crippen LogP contribution in [0.1, 0.15) is 38.3 Å². The second kappa shape index (κ2) is 8.89. The summed E-state index contributed by atoms with van der Waals surface area (Å²) >= 11 is 11.2. The van der Waals surface area contributed by atoms with Crippen molar-refractivity contribution in [1.29, 1.82) is 0 Å². The second-order valence-corrected chi connectivity index (χ2v) is 8.05. The van der Waals surface area contributed by atoms with Crippen LogP contribution >= 0.6 is 23.8 Å². The Bertz CT molecular complexity index is 797. The van der Waals surface area contributed by atoms with Gasteiger partial charge in [-0.05, 0) is 73.8 Å². The number of nitrogens with one attached hydrogen (secondary N) is 2. The minimum Gasteiger partial charge on any atom is -0.371 e. The largest absolute Gasteiger partial charge is 0.371 e. The summed E-state index contributed by atoms with van der Waals surface area (Å²) in [6.07, 6.45) is 2.58. The van der Waals surface area contributed by atoms with Crippen molar-refractivity contribution < 1.29 is 4.39 Å². The number of halogens is 2. The molecule has 3 nitrogen and oxygen atoms in total. The molecule has 0 saturated carbocycles. The minimum atomic E-state index is -0.447. The molecule has 3 rings (SSSR count). The van der Waals surface area contributed by atoms with Crippen LogP contribution in [0.15, 0.2) is 42.5 Å². The van der Waals surface area contributed by atoms with Gasteiger partial charge in [-0.15, -0.1) is 0 Å². The van der Waals surface area contributed by atoms with Gasteiger partial charge in [0.05, 0.1) is 11.1 Å². The number of rotatable bonds is 4. The standard InChI is InChI=1S/C21H25ClFN3S/c1-14-4-3-11-26(13-14)18-8-5-16(6-9-18)15(2)24-21(27)25-17-7-10-20(23)19(22)12-17/h5-10,12,14-15H,3-4,11,13H2,1-2H3,(H2,24,25,27). The number of benzene rings is 2. The number of hydrogen-bond acceptors (Lipinski definition) is 2. The molecule has 1 aliphatic rings. The van der Waals surface area contributed by atoms with Crippen molar-refractivity contribution >= 4 is 40.3 Å². The number of anilines is 2. The van der Waals surface area contributed by atoms with Crippen molar-refractivity contribution in [3.63, 3.8) is 0 Å². The lowest BCUT2D eigenvalue weighted by Crippen LogP contribution is -2.34. The summed E-state index contributed by atoms with van der Waals surface area (Å²) in [7, 11) is 0. The Morgan fingerprint density at radius 3 is 2.67 bits per heavy atom. The summed E-state index contributed by atoms with van der Waals surface area (Å²) in [5, 5.41) is 6.83. The molecule has 1 saturated heterocycles. The van der Waals surface area contributed by atoms with E-state index < -0.39 is 5.82 Å². The smallest absolute Gasteiger partial charge is 0.171 e. The Morgan fingerprint density at radius 1 is 1.26 bits per heavy atom. The Balaban J connectivity index is 1.57. The average molecular weight is 406 g/mol. The topological polar surface area (TPSA) is 27.3 Å². The monoisotopic (exact) mass is 405 g/mol. The summed E-state index contributed by atoms with van der Waals surface area (Å²) in [4.78, 5) is 2.46. The molecule has 0 aromatic heterocycles. The third-order valence-electron chi connectivity index (χ3n) is 4.94. The maximum atomic E-state index is 13.2. The molecule has 2 aromatic rings. The Hall–Kier alpha value is -1.85. The van der Waals surface area contributed by atoms with E-state index in [1.165, 1.54) is 30.7 Å². The van der Waals surface area contributed by atoms with Gasteiger partial charge in [-0.2, -0.15) is 0 Å². The van der Waals surface area contributed by atoms with Gasteiger partial charge in [-0.1, -0.05) is 30.7 Å². The molecule has 2 N–H and O–H groups in total. The van der Waals surface area contributed by atoms with Gasteiger partial charge in [0, 0.05) is 24.5 Å². The van der Waals surface area contributed by atoms with Crippen LogP contribution in [-0.4, -0.2) is 18.2 Å². The van der Waals surface area contributed by atoms with Gasteiger partial charge in [-0.3, -0.25) is 0 Å². The van der Waals surface area contributed by atoms with Gasteiger partial charge in [0.15, 0.2) is 5.11 Å². The van der Waals surface area contributed by atoms with Gasteiger partial charge in [0.1, 0.15) is 5.82 Å². The van der Waals surface area contributed by atoms with Crippen LogP contribution in [0, 0.1) is 11.7 Å². The van der Waals surface area contributed by atoms with Crippen LogP contribution in [0.3, 0.4) is 0 Å². The van der Waals surface area contributed by atoms with E-state index in [1.807, 2.05) is 0 Å². The molecule has 0 spiro atoms. The summed E-state index contributed by atoms with van der Waals surface area (Å²) in [5.41, 5.74) is 3.09. The van der Waals surface area contributed by atoms with Crippen LogP contribution < -0.4 is 15.5 Å². The number of thiocarbonyl (C=S) groups is 1. The molecule has 2 unspecified atom stereocenters. The molecule has 0 bridgehead atoms. The quantitative estimate of drug-likeness (QED) is 0.632. The first-order valence-corrected chi connectivity index (χ1v) is 10.1. The lowest BCUT2D eigenvalue weighted by molar-refractivity contribution is 0.447. The highest BCUT2D eigenvalue weighted by molar-refractivity contribution is 7.80. The maximum absolute atomic E-state index is 13.2. The van der Waals surface area contributed by atoms with E-state index in [4.69, 9.17) is 23.8 Å². The molecular weight excluding hydrogens is 381 g/mol. The van der Waals surface area contributed by atoms with Gasteiger partial charge < -0.3 is 15.5 Å². The van der Waals surface area contributed by atoms with Gasteiger partial charge in [0.2, 0.25) is 0 Å². The summed E-state index contributed by atoms with van der Waals surface area (Å²) in [6, 6.07) is 13.1. The molecule has 1 aliphatic heterocycles. The molecule has 6 heteroatoms. The van der Waals surface area contributed by atoms with Crippen molar-refractivity contribution in [2.45, 2.75) is 32.7 Å². The van der Waals surface area contributed by atoms with Crippen LogP contribution in [0.2, 0.25) is 5.02 Å². The molecular formula is C21H25ClFN3S. The Morgan fingerprint density at radius 2 is 2.00 bits per heavy atom. The molecule has 1 fully saturated rings. The summed E-state index contributed by atoms with van der Waals surface area (Å²) in [6.45, 7) is 6.63. The molecule has 1 heterocycles. The first kappa shape index (κ1) is 19.9. The number of hydrogen-bond donors (Lipinski definition) is 2. The fraction of sp³-hybridized carbons (Fsp3) is 0.381. The van der Waals surface area contributed by atoms with Crippen LogP contribution in [-0.2, 0) is 0 Å². The normalized spacial score (nSPS) is 18.1. The molecule has 2 atom stereocenters. The first-order valence-electron chi connectivity index (χ1n) is 9.30. The molecule has 144 valence electrons. The molecule has 0 amide bonds. The van der Waals surface area contributed by atoms with Crippen molar-refractivity contribution in [3.8, 4) is 0 Å². The predicted octanol–water partition coefficient (Wildman–Crippen LogP) is 5.76. The highest BCUT2D eigenvalue weighted by Gasteiger charge is 2.17. The third kappa shape index (κ3) is 5.33. The zero-order chi connectivity index (χ0) is 19.4. The fourth-order valence-corrected chi connectivity index (χ4v) is 3.89. The lowest BCUT2D eigenvalue weighted by Gasteiger charge is -2.33. The van der Waals surface area contributed by atoms with Crippen LogP contribution in [0.25, 0.3) is 0 Å². The number of piperidine rings is 1. The number of nitrogens with zero attached hydrogens (tertiary/aromatic N) is 1. The highest BCUT2D eigenvalue weighted by Crippen LogP contribution is 2.25. The third-order valence-corrected chi connectivity index (χ3v) is 5.45. The van der Waals surface area contributed by atoms with E-state index in [0.29, 0.717) is 10.8 Å². The molecule has 0 radical (unpaired) electrons. The van der Waals surface area contributed by atoms with E-state index in [2.05, 4.69) is 53.6 Å². The van der Waals surface area contributed by atoms with E-state index in [0.717, 1.165) is 24.6 Å². The highest BCUT2D eigenvalue weighted by atomic mass is 35.5. The van der Waals surface area contributed by atoms with Crippen molar-refractivity contribution in [2.75, 3.05) is 23.3 Å². The first-order chi connectivity index (χ1) is 12.9. The van der Waals surface area contributed by atoms with Gasteiger partial charge in [0.25, 0.3) is 0 Å². The zero-order valence-corrected chi connectivity index (χ0v) is 17.2. The minimum absolute atomic E-state index is 0.0512. The van der Waals surface area contributed by atoms with E-state index in [1.54, 1.807) is 6.07 Å². The maximum Gasteiger partial charge on any atom is 0.171 e. The van der Waals surface area contributed by atoms with Crippen molar-refractivity contribution in [3.05, 3.63) is 58.9 Å². The average Bonchev–Trinajstić information content (AvgIpc) is 2.65. The van der Waals surface area contributed by atoms with Crippen molar-refractivity contribution in [2.24, 2.45) is 5.92 Å². The molecule has 2 aromatic carbocycles. The zero-order valence-electron chi connectivity index (χ0n) is 15.6. The SMILES string of the molecule is CC1CCCN(c2ccc(C(C)NC(=S)Nc3ccc(F)c(Cl)c3)cc2)C1. The molecule has 27 heavy (non-hydrogen) atoms. The van der Waals surface area contributed by atoms with Gasteiger partial charge >= 0.3 is 0 Å². The molecule has 0 aliphatic carbocycles. The van der Waals surface area contributed by atoms with Gasteiger partial charge in [-0.25, -0.2) is 4.39 Å². The van der Waals surface area contributed by atoms with Crippen molar-refractivity contribution in [1.82, 2.24) is 5.32 Å². The lowest BCUT2D eigenvalue weighted by atomic mass is 9.99. The van der Waals surface area contributed by atoms with E-state index in [-0.39, 0.29) is 11.1 Å². The summed E-state index contributed by atoms with van der Waals surface area (Å²) in [5.74, 6) is 0.306. The Labute approximate surface area is 170 Å². The van der Waals surface area contributed by atoms with Crippen LogP contribution in [0.4, 0.5) is 15.8 Å². The van der Waals surface area contributed by atoms with Crippen LogP contribution in [0.5, 0.6) is 0 Å². The second-order valence-electron chi connectivity index (χ2n) is 7.23. The summed E-state index contributed by atoms with van der Waals surface area (Å²) < 4.78 is 13.2. The predicted molar refractivity (Wildman–Crippen MR) is 116 cm³/mol. The van der Waals surface area contributed by atoms with E-state index in [9.17, 15) is 4.39 Å².